The van der Waals surface area contributed by atoms with Crippen molar-refractivity contribution in [3.05, 3.63) is 23.8 Å². The highest BCUT2D eigenvalue weighted by Crippen LogP contribution is 2.28. The first-order chi connectivity index (χ1) is 6.27. The SMILES string of the molecule is CNc1cc(C)ccc1SOOO. The normalized spacial score (nSPS) is 10.1. The van der Waals surface area contributed by atoms with E-state index >= 15 is 0 Å². The summed E-state index contributed by atoms with van der Waals surface area (Å²) in [5.41, 5.74) is 2.08. The van der Waals surface area contributed by atoms with Crippen molar-refractivity contribution in [2.24, 2.45) is 0 Å². The minimum atomic E-state index is 0.849. The van der Waals surface area contributed by atoms with Gasteiger partial charge in [-0.25, -0.2) is 5.26 Å². The first-order valence-corrected chi connectivity index (χ1v) is 4.45. The quantitative estimate of drug-likeness (QED) is 0.445. The van der Waals surface area contributed by atoms with Gasteiger partial charge in [-0.2, -0.15) is 0 Å². The number of anilines is 1. The van der Waals surface area contributed by atoms with Gasteiger partial charge in [-0.15, -0.1) is 4.33 Å². The first-order valence-electron chi connectivity index (χ1n) is 3.71. The summed E-state index contributed by atoms with van der Waals surface area (Å²) in [6.45, 7) is 2.00. The molecule has 0 heterocycles. The fraction of sp³-hybridized carbons (Fsp3) is 0.250. The van der Waals surface area contributed by atoms with Gasteiger partial charge in [0.05, 0.1) is 22.6 Å². The minimum Gasteiger partial charge on any atom is -0.387 e. The van der Waals surface area contributed by atoms with Gasteiger partial charge in [0, 0.05) is 7.05 Å². The second-order valence-electron chi connectivity index (χ2n) is 2.48. The Morgan fingerprint density at radius 1 is 1.46 bits per heavy atom. The molecule has 0 amide bonds. The van der Waals surface area contributed by atoms with Crippen LogP contribution in [0.2, 0.25) is 0 Å². The van der Waals surface area contributed by atoms with Crippen molar-refractivity contribution in [3.8, 4) is 0 Å². The number of hydrogen-bond acceptors (Lipinski definition) is 5. The Labute approximate surface area is 80.9 Å². The molecule has 0 saturated carbocycles. The van der Waals surface area contributed by atoms with Gasteiger partial charge in [-0.05, 0) is 24.6 Å². The van der Waals surface area contributed by atoms with Crippen LogP contribution in [-0.4, -0.2) is 12.3 Å². The maximum absolute atomic E-state index is 7.98. The molecule has 5 heteroatoms. The maximum atomic E-state index is 7.98. The average Bonchev–Trinajstić information content (AvgIpc) is 2.16. The molecule has 1 rings (SSSR count). The van der Waals surface area contributed by atoms with Crippen LogP contribution in [-0.2, 0) is 9.37 Å². The number of aryl methyl sites for hydroxylation is 1. The molecule has 0 radical (unpaired) electrons. The van der Waals surface area contributed by atoms with E-state index in [9.17, 15) is 0 Å². The van der Waals surface area contributed by atoms with Gasteiger partial charge in [0.25, 0.3) is 0 Å². The van der Waals surface area contributed by atoms with Crippen LogP contribution in [0.1, 0.15) is 5.56 Å². The zero-order chi connectivity index (χ0) is 9.68. The van der Waals surface area contributed by atoms with E-state index in [1.165, 1.54) is 0 Å². The molecule has 0 fully saturated rings. The summed E-state index contributed by atoms with van der Waals surface area (Å²) in [5, 5.41) is 14.5. The molecule has 1 aromatic rings. The third kappa shape index (κ3) is 2.89. The average molecular weight is 201 g/mol. The molecule has 0 aromatic heterocycles. The van der Waals surface area contributed by atoms with Crippen LogP contribution < -0.4 is 5.32 Å². The Morgan fingerprint density at radius 3 is 2.85 bits per heavy atom. The summed E-state index contributed by atoms with van der Waals surface area (Å²) in [6, 6.07) is 5.80. The van der Waals surface area contributed by atoms with Crippen LogP contribution >= 0.6 is 12.0 Å². The molecule has 1 aromatic carbocycles. The molecule has 0 atom stereocenters. The molecule has 0 aliphatic rings. The maximum Gasteiger partial charge on any atom is 0.0736 e. The fourth-order valence-electron chi connectivity index (χ4n) is 0.964. The van der Waals surface area contributed by atoms with Gasteiger partial charge in [0.15, 0.2) is 0 Å². The van der Waals surface area contributed by atoms with Crippen LogP contribution in [0.4, 0.5) is 5.69 Å². The minimum absolute atomic E-state index is 0.849. The Hall–Kier alpha value is -0.750. The molecule has 0 aliphatic heterocycles. The zero-order valence-corrected chi connectivity index (χ0v) is 8.22. The molecule has 0 bridgehead atoms. The molecule has 2 N–H and O–H groups in total. The van der Waals surface area contributed by atoms with E-state index in [2.05, 4.69) is 14.7 Å². The van der Waals surface area contributed by atoms with Gasteiger partial charge in [-0.3, -0.25) is 0 Å². The lowest BCUT2D eigenvalue weighted by Crippen LogP contribution is -1.92. The molecule has 72 valence electrons. The second-order valence-corrected chi connectivity index (χ2v) is 3.22. The van der Waals surface area contributed by atoms with E-state index in [0.717, 1.165) is 28.2 Å². The number of nitrogens with one attached hydrogen (secondary N) is 1. The van der Waals surface area contributed by atoms with Crippen molar-refractivity contribution in [3.63, 3.8) is 0 Å². The van der Waals surface area contributed by atoms with Gasteiger partial charge in [-0.1, -0.05) is 11.1 Å². The van der Waals surface area contributed by atoms with E-state index in [4.69, 9.17) is 5.26 Å². The lowest BCUT2D eigenvalue weighted by atomic mass is 10.2. The van der Waals surface area contributed by atoms with E-state index in [0.29, 0.717) is 0 Å². The van der Waals surface area contributed by atoms with Crippen LogP contribution in [0.15, 0.2) is 23.1 Å². The smallest absolute Gasteiger partial charge is 0.0736 e. The molecular weight excluding hydrogens is 190 g/mol. The third-order valence-corrected chi connectivity index (χ3v) is 2.22. The highest BCUT2D eigenvalue weighted by Gasteiger charge is 2.02. The molecule has 0 unspecified atom stereocenters. The predicted molar refractivity (Wildman–Crippen MR) is 51.4 cm³/mol. The number of hydrogen-bond donors (Lipinski definition) is 2. The second kappa shape index (κ2) is 5.08. The highest BCUT2D eigenvalue weighted by molar-refractivity contribution is 7.94. The van der Waals surface area contributed by atoms with Gasteiger partial charge in [0.1, 0.15) is 0 Å². The third-order valence-electron chi connectivity index (χ3n) is 1.56. The van der Waals surface area contributed by atoms with E-state index in [-0.39, 0.29) is 0 Å². The number of benzene rings is 1. The molecule has 13 heavy (non-hydrogen) atoms. The Morgan fingerprint density at radius 2 is 2.23 bits per heavy atom. The monoisotopic (exact) mass is 201 g/mol. The lowest BCUT2D eigenvalue weighted by molar-refractivity contribution is -0.432. The predicted octanol–water partition coefficient (Wildman–Crippen LogP) is 2.47. The van der Waals surface area contributed by atoms with Crippen molar-refractivity contribution in [1.29, 1.82) is 0 Å². The van der Waals surface area contributed by atoms with Crippen molar-refractivity contribution in [1.82, 2.24) is 0 Å². The van der Waals surface area contributed by atoms with Crippen molar-refractivity contribution >= 4 is 17.7 Å². The molecular formula is C8H11NO3S. The summed E-state index contributed by atoms with van der Waals surface area (Å²) in [4.78, 5) is 0.849. The van der Waals surface area contributed by atoms with Crippen molar-refractivity contribution < 1.29 is 14.6 Å². The molecule has 0 spiro atoms. The van der Waals surface area contributed by atoms with Gasteiger partial charge < -0.3 is 5.32 Å². The largest absolute Gasteiger partial charge is 0.387 e. The Bertz CT molecular complexity index is 280. The van der Waals surface area contributed by atoms with Crippen LogP contribution in [0.25, 0.3) is 0 Å². The van der Waals surface area contributed by atoms with Crippen LogP contribution in [0.5, 0.6) is 0 Å². The van der Waals surface area contributed by atoms with Crippen molar-refractivity contribution in [2.45, 2.75) is 11.8 Å². The zero-order valence-electron chi connectivity index (χ0n) is 7.40. The summed E-state index contributed by atoms with van der Waals surface area (Å²) in [6.07, 6.45) is 0. The topological polar surface area (TPSA) is 50.7 Å². The molecule has 4 nitrogen and oxygen atoms in total. The van der Waals surface area contributed by atoms with Gasteiger partial charge in [0.2, 0.25) is 0 Å². The summed E-state index contributed by atoms with van der Waals surface area (Å²) < 4.78 is 4.33. The fourth-order valence-corrected chi connectivity index (χ4v) is 1.44. The van der Waals surface area contributed by atoms with Crippen LogP contribution in [0, 0.1) is 6.92 Å². The number of rotatable bonds is 4. The Kier molecular flexibility index (Phi) is 4.04. The molecule has 0 aliphatic carbocycles. The standard InChI is InChI=1S/C8H11NO3S/c1-6-3-4-8(13-12-11-10)7(5-6)9-2/h3-5,9-10H,1-2H3. The van der Waals surface area contributed by atoms with Crippen molar-refractivity contribution in [2.75, 3.05) is 12.4 Å². The summed E-state index contributed by atoms with van der Waals surface area (Å²) in [5.74, 6) is 0. The van der Waals surface area contributed by atoms with Gasteiger partial charge >= 0.3 is 0 Å². The van der Waals surface area contributed by atoms with E-state index in [1.807, 2.05) is 32.2 Å². The van der Waals surface area contributed by atoms with E-state index in [1.54, 1.807) is 0 Å². The van der Waals surface area contributed by atoms with Crippen LogP contribution in [0.3, 0.4) is 0 Å². The Balaban J connectivity index is 2.79. The van der Waals surface area contributed by atoms with E-state index < -0.39 is 0 Å². The summed E-state index contributed by atoms with van der Waals surface area (Å²) >= 11 is 0.946. The first kappa shape index (κ1) is 10.3. The molecule has 0 saturated heterocycles. The highest BCUT2D eigenvalue weighted by atomic mass is 32.2. The summed E-state index contributed by atoms with van der Waals surface area (Å²) in [7, 11) is 1.82. The lowest BCUT2D eigenvalue weighted by Gasteiger charge is -2.06.